The number of rotatable bonds is 2. The molecule has 2 unspecified atom stereocenters. The van der Waals surface area contributed by atoms with Crippen molar-refractivity contribution in [2.45, 2.75) is 24.3 Å². The third-order valence-corrected chi connectivity index (χ3v) is 4.74. The standard InChI is InChI=1S/C13H17ClN2S2/c1-8-6-16(7-9(2)18-8)11-5-3-4-10(14)12(11)13(15)17/h3-5,8-9H,6-7H2,1-2H3,(H2,15,17). The molecule has 1 aromatic rings. The van der Waals surface area contributed by atoms with E-state index >= 15 is 0 Å². The van der Waals surface area contributed by atoms with Crippen LogP contribution in [0.4, 0.5) is 5.69 Å². The van der Waals surface area contributed by atoms with Gasteiger partial charge in [0.1, 0.15) is 4.99 Å². The van der Waals surface area contributed by atoms with Gasteiger partial charge in [-0.3, -0.25) is 0 Å². The highest BCUT2D eigenvalue weighted by Crippen LogP contribution is 2.33. The lowest BCUT2D eigenvalue weighted by atomic mass is 10.1. The zero-order chi connectivity index (χ0) is 13.3. The number of nitrogens with two attached hydrogens (primary N) is 1. The molecule has 0 radical (unpaired) electrons. The van der Waals surface area contributed by atoms with Crippen LogP contribution in [0.15, 0.2) is 18.2 Å². The second-order valence-electron chi connectivity index (χ2n) is 4.66. The third kappa shape index (κ3) is 2.92. The second-order valence-corrected chi connectivity index (χ2v) is 7.39. The Kier molecular flexibility index (Phi) is 4.41. The van der Waals surface area contributed by atoms with Crippen LogP contribution in [0, 0.1) is 0 Å². The summed E-state index contributed by atoms with van der Waals surface area (Å²) in [7, 11) is 0. The number of thiocarbonyl (C=S) groups is 1. The average molecular weight is 301 g/mol. The second kappa shape index (κ2) is 5.68. The minimum absolute atomic E-state index is 0.370. The van der Waals surface area contributed by atoms with Gasteiger partial charge >= 0.3 is 0 Å². The first-order valence-corrected chi connectivity index (χ1v) is 7.70. The molecule has 0 saturated carbocycles. The Balaban J connectivity index is 2.38. The molecule has 2 rings (SSSR count). The van der Waals surface area contributed by atoms with Crippen molar-refractivity contribution >= 4 is 46.3 Å². The van der Waals surface area contributed by atoms with Gasteiger partial charge in [-0.15, -0.1) is 0 Å². The van der Waals surface area contributed by atoms with Crippen molar-refractivity contribution in [2.24, 2.45) is 5.73 Å². The lowest BCUT2D eigenvalue weighted by Gasteiger charge is -2.37. The van der Waals surface area contributed by atoms with Crippen LogP contribution in [0.2, 0.25) is 5.02 Å². The van der Waals surface area contributed by atoms with E-state index in [0.29, 0.717) is 20.5 Å². The summed E-state index contributed by atoms with van der Waals surface area (Å²) in [6, 6.07) is 5.84. The molecule has 0 bridgehead atoms. The number of halogens is 1. The molecule has 1 fully saturated rings. The first-order chi connectivity index (χ1) is 8.49. The van der Waals surface area contributed by atoms with Crippen LogP contribution in [0.5, 0.6) is 0 Å². The summed E-state index contributed by atoms with van der Waals surface area (Å²) in [5.74, 6) is 0. The van der Waals surface area contributed by atoms with E-state index in [-0.39, 0.29) is 0 Å². The first-order valence-electron chi connectivity index (χ1n) is 5.97. The summed E-state index contributed by atoms with van der Waals surface area (Å²) in [6.07, 6.45) is 0. The van der Waals surface area contributed by atoms with Crippen LogP contribution in [0.3, 0.4) is 0 Å². The van der Waals surface area contributed by atoms with E-state index in [0.717, 1.165) is 24.3 Å². The number of benzene rings is 1. The highest BCUT2D eigenvalue weighted by atomic mass is 35.5. The molecular formula is C13H17ClN2S2. The summed E-state index contributed by atoms with van der Waals surface area (Å²) in [6.45, 7) is 6.51. The summed E-state index contributed by atoms with van der Waals surface area (Å²) in [5, 5.41) is 1.84. The molecule has 1 aliphatic heterocycles. The highest BCUT2D eigenvalue weighted by molar-refractivity contribution is 8.00. The largest absolute Gasteiger partial charge is 0.389 e. The number of anilines is 1. The summed E-state index contributed by atoms with van der Waals surface area (Å²) >= 11 is 13.4. The smallest absolute Gasteiger partial charge is 0.107 e. The van der Waals surface area contributed by atoms with Crippen molar-refractivity contribution in [2.75, 3.05) is 18.0 Å². The lowest BCUT2D eigenvalue weighted by molar-refractivity contribution is 0.728. The Morgan fingerprint density at radius 1 is 1.39 bits per heavy atom. The van der Waals surface area contributed by atoms with E-state index in [1.54, 1.807) is 0 Å². The molecule has 0 aliphatic carbocycles. The van der Waals surface area contributed by atoms with Crippen molar-refractivity contribution < 1.29 is 0 Å². The van der Waals surface area contributed by atoms with Gasteiger partial charge in [0.25, 0.3) is 0 Å². The van der Waals surface area contributed by atoms with E-state index in [4.69, 9.17) is 29.6 Å². The van der Waals surface area contributed by atoms with Crippen molar-refractivity contribution in [3.8, 4) is 0 Å². The van der Waals surface area contributed by atoms with Gasteiger partial charge in [-0.05, 0) is 12.1 Å². The van der Waals surface area contributed by atoms with Gasteiger partial charge in [0, 0.05) is 29.3 Å². The minimum atomic E-state index is 0.370. The van der Waals surface area contributed by atoms with E-state index in [9.17, 15) is 0 Å². The van der Waals surface area contributed by atoms with E-state index in [2.05, 4.69) is 24.8 Å². The summed E-state index contributed by atoms with van der Waals surface area (Å²) in [4.78, 5) is 2.71. The van der Waals surface area contributed by atoms with E-state index < -0.39 is 0 Å². The Morgan fingerprint density at radius 3 is 2.56 bits per heavy atom. The van der Waals surface area contributed by atoms with E-state index in [1.807, 2.05) is 23.9 Å². The molecule has 2 atom stereocenters. The molecule has 1 heterocycles. The fourth-order valence-corrected chi connectivity index (χ4v) is 4.26. The molecular weight excluding hydrogens is 284 g/mol. The molecule has 5 heteroatoms. The van der Waals surface area contributed by atoms with Crippen molar-refractivity contribution in [1.29, 1.82) is 0 Å². The van der Waals surface area contributed by atoms with Crippen molar-refractivity contribution in [3.63, 3.8) is 0 Å². The van der Waals surface area contributed by atoms with Gasteiger partial charge in [0.05, 0.1) is 10.6 Å². The molecule has 0 spiro atoms. The molecule has 1 aliphatic rings. The van der Waals surface area contributed by atoms with Crippen molar-refractivity contribution in [3.05, 3.63) is 28.8 Å². The average Bonchev–Trinajstić information content (AvgIpc) is 2.26. The van der Waals surface area contributed by atoms with E-state index in [1.165, 1.54) is 0 Å². The highest BCUT2D eigenvalue weighted by Gasteiger charge is 2.25. The quantitative estimate of drug-likeness (QED) is 0.849. The SMILES string of the molecule is CC1CN(c2cccc(Cl)c2C(N)=S)CC(C)S1. The fourth-order valence-electron chi connectivity index (χ4n) is 2.39. The predicted molar refractivity (Wildman–Crippen MR) is 86.1 cm³/mol. The monoisotopic (exact) mass is 300 g/mol. The number of hydrogen-bond donors (Lipinski definition) is 1. The Morgan fingerprint density at radius 2 is 2.00 bits per heavy atom. The molecule has 18 heavy (non-hydrogen) atoms. The topological polar surface area (TPSA) is 29.3 Å². The molecule has 2 nitrogen and oxygen atoms in total. The predicted octanol–water partition coefficient (Wildman–Crippen LogP) is 3.30. The molecule has 0 aromatic heterocycles. The van der Waals surface area contributed by atoms with Gasteiger partial charge in [0.2, 0.25) is 0 Å². The van der Waals surface area contributed by atoms with Crippen LogP contribution < -0.4 is 10.6 Å². The van der Waals surface area contributed by atoms with Gasteiger partial charge in [-0.2, -0.15) is 11.8 Å². The minimum Gasteiger partial charge on any atom is -0.389 e. The Hall–Kier alpha value is -0.450. The van der Waals surface area contributed by atoms with Crippen LogP contribution in [-0.4, -0.2) is 28.6 Å². The van der Waals surface area contributed by atoms with Gasteiger partial charge in [-0.1, -0.05) is 43.7 Å². The Labute approximate surface area is 123 Å². The summed E-state index contributed by atoms with van der Waals surface area (Å²) in [5.41, 5.74) is 7.68. The number of nitrogens with zero attached hydrogens (tertiary/aromatic N) is 1. The maximum atomic E-state index is 6.22. The first kappa shape index (κ1) is 14.0. The zero-order valence-electron chi connectivity index (χ0n) is 10.5. The maximum Gasteiger partial charge on any atom is 0.107 e. The van der Waals surface area contributed by atoms with Gasteiger partial charge in [0.15, 0.2) is 0 Å². The van der Waals surface area contributed by atoms with Crippen LogP contribution in [0.1, 0.15) is 19.4 Å². The normalized spacial score (nSPS) is 24.1. The fraction of sp³-hybridized carbons (Fsp3) is 0.462. The molecule has 2 N–H and O–H groups in total. The van der Waals surface area contributed by atoms with Crippen LogP contribution >= 0.6 is 35.6 Å². The number of thioether (sulfide) groups is 1. The molecule has 1 saturated heterocycles. The Bertz CT molecular complexity index is 454. The third-order valence-electron chi connectivity index (χ3n) is 3.00. The molecule has 0 amide bonds. The van der Waals surface area contributed by atoms with Crippen molar-refractivity contribution in [1.82, 2.24) is 0 Å². The number of hydrogen-bond acceptors (Lipinski definition) is 3. The zero-order valence-corrected chi connectivity index (χ0v) is 12.9. The van der Waals surface area contributed by atoms with Gasteiger partial charge < -0.3 is 10.6 Å². The molecule has 1 aromatic carbocycles. The molecule has 98 valence electrons. The van der Waals surface area contributed by atoms with Gasteiger partial charge in [-0.25, -0.2) is 0 Å². The summed E-state index contributed by atoms with van der Waals surface area (Å²) < 4.78 is 0. The lowest BCUT2D eigenvalue weighted by Crippen LogP contribution is -2.41. The maximum absolute atomic E-state index is 6.22. The van der Waals surface area contributed by atoms with Crippen LogP contribution in [-0.2, 0) is 0 Å². The van der Waals surface area contributed by atoms with Crippen LogP contribution in [0.25, 0.3) is 0 Å².